The Morgan fingerprint density at radius 2 is 2.08 bits per heavy atom. The number of rotatable bonds is 5. The van der Waals surface area contributed by atoms with E-state index >= 15 is 0 Å². The summed E-state index contributed by atoms with van der Waals surface area (Å²) >= 11 is 3.49. The third-order valence-corrected chi connectivity index (χ3v) is 4.95. The van der Waals surface area contributed by atoms with Crippen LogP contribution in [0.15, 0.2) is 28.7 Å². The minimum atomic E-state index is -0.413. The van der Waals surface area contributed by atoms with Gasteiger partial charge in [0.2, 0.25) is 0 Å². The zero-order valence-corrected chi connectivity index (χ0v) is 16.6. The van der Waals surface area contributed by atoms with Crippen LogP contribution in [0.3, 0.4) is 0 Å². The number of esters is 1. The molecular weight excluding hydrogens is 398 g/mol. The van der Waals surface area contributed by atoms with Crippen molar-refractivity contribution < 1.29 is 14.3 Å². The maximum atomic E-state index is 12.9. The first-order chi connectivity index (χ1) is 12.5. The average molecular weight is 420 g/mol. The normalized spacial score (nSPS) is 13.2. The van der Waals surface area contributed by atoms with Crippen molar-refractivity contribution in [1.82, 2.24) is 14.7 Å². The van der Waals surface area contributed by atoms with Crippen molar-refractivity contribution in [2.75, 3.05) is 20.2 Å². The Kier molecular flexibility index (Phi) is 5.76. The number of hydrogen-bond acceptors (Lipinski definition) is 4. The molecule has 0 aliphatic heterocycles. The van der Waals surface area contributed by atoms with E-state index in [2.05, 4.69) is 21.0 Å². The Balaban J connectivity index is 1.95. The Hall–Kier alpha value is -2.15. The van der Waals surface area contributed by atoms with Gasteiger partial charge in [-0.15, -0.1) is 0 Å². The summed E-state index contributed by atoms with van der Waals surface area (Å²) in [6.07, 6.45) is 3.85. The van der Waals surface area contributed by atoms with E-state index in [0.29, 0.717) is 12.3 Å². The molecule has 1 aromatic carbocycles. The Morgan fingerprint density at radius 1 is 1.31 bits per heavy atom. The number of amides is 1. The summed E-state index contributed by atoms with van der Waals surface area (Å²) in [5.41, 5.74) is 3.44. The first-order valence-corrected chi connectivity index (χ1v) is 9.58. The lowest BCUT2D eigenvalue weighted by molar-refractivity contribution is -0.143. The molecular formula is C19H22BrN3O3. The number of ether oxygens (including phenoxy) is 1. The minimum absolute atomic E-state index is 0.0782. The van der Waals surface area contributed by atoms with E-state index < -0.39 is 5.97 Å². The molecule has 7 heteroatoms. The van der Waals surface area contributed by atoms with Gasteiger partial charge in [0.25, 0.3) is 5.91 Å². The highest BCUT2D eigenvalue weighted by Gasteiger charge is 2.28. The van der Waals surface area contributed by atoms with Crippen LogP contribution in [0, 0.1) is 0 Å². The molecule has 0 saturated carbocycles. The molecule has 0 saturated heterocycles. The molecule has 1 aliphatic carbocycles. The topological polar surface area (TPSA) is 64.4 Å². The number of nitrogens with zero attached hydrogens (tertiary/aromatic N) is 3. The zero-order valence-electron chi connectivity index (χ0n) is 15.0. The number of hydrogen-bond donors (Lipinski definition) is 0. The molecule has 0 bridgehead atoms. The molecule has 0 unspecified atom stereocenters. The lowest BCUT2D eigenvalue weighted by Gasteiger charge is -2.17. The highest BCUT2D eigenvalue weighted by atomic mass is 79.9. The molecule has 0 atom stereocenters. The van der Waals surface area contributed by atoms with Crippen LogP contribution in [0.25, 0.3) is 5.69 Å². The largest absolute Gasteiger partial charge is 0.465 e. The summed E-state index contributed by atoms with van der Waals surface area (Å²) in [4.78, 5) is 26.0. The van der Waals surface area contributed by atoms with Crippen LogP contribution < -0.4 is 0 Å². The molecule has 0 fully saturated rings. The van der Waals surface area contributed by atoms with Gasteiger partial charge in [-0.2, -0.15) is 5.10 Å². The van der Waals surface area contributed by atoms with Gasteiger partial charge in [0, 0.05) is 22.8 Å². The second-order valence-corrected chi connectivity index (χ2v) is 7.25. The summed E-state index contributed by atoms with van der Waals surface area (Å²) in [5, 5.41) is 4.63. The Bertz CT molecular complexity index is 831. The second kappa shape index (κ2) is 8.03. The summed E-state index contributed by atoms with van der Waals surface area (Å²) in [5.74, 6) is -0.659. The molecule has 138 valence electrons. The van der Waals surface area contributed by atoms with E-state index in [0.717, 1.165) is 47.1 Å². The number of halogens is 1. The van der Waals surface area contributed by atoms with Crippen molar-refractivity contribution in [2.24, 2.45) is 0 Å². The number of benzene rings is 1. The lowest BCUT2D eigenvalue weighted by Crippen LogP contribution is -2.34. The highest BCUT2D eigenvalue weighted by molar-refractivity contribution is 9.10. The van der Waals surface area contributed by atoms with Crippen LogP contribution in [0.1, 0.15) is 41.5 Å². The van der Waals surface area contributed by atoms with Gasteiger partial charge in [0.15, 0.2) is 5.69 Å². The first-order valence-electron chi connectivity index (χ1n) is 8.79. The van der Waals surface area contributed by atoms with Crippen molar-refractivity contribution in [2.45, 2.75) is 32.6 Å². The minimum Gasteiger partial charge on any atom is -0.465 e. The van der Waals surface area contributed by atoms with E-state index in [-0.39, 0.29) is 12.5 Å². The van der Waals surface area contributed by atoms with Gasteiger partial charge in [-0.3, -0.25) is 9.59 Å². The predicted molar refractivity (Wildman–Crippen MR) is 101 cm³/mol. The fourth-order valence-electron chi connectivity index (χ4n) is 3.25. The summed E-state index contributed by atoms with van der Waals surface area (Å²) < 4.78 is 7.76. The number of carbonyl (C=O) groups is 2. The smallest absolute Gasteiger partial charge is 0.325 e. The molecule has 1 aromatic heterocycles. The van der Waals surface area contributed by atoms with Crippen LogP contribution in [0.5, 0.6) is 0 Å². The molecule has 1 amide bonds. The van der Waals surface area contributed by atoms with Gasteiger partial charge >= 0.3 is 5.97 Å². The number of fused-ring (bicyclic) bond motifs is 1. The molecule has 26 heavy (non-hydrogen) atoms. The second-order valence-electron chi connectivity index (χ2n) is 6.34. The van der Waals surface area contributed by atoms with Gasteiger partial charge in [-0.05, 0) is 50.8 Å². The Labute approximate surface area is 161 Å². The van der Waals surface area contributed by atoms with E-state index in [1.165, 1.54) is 4.90 Å². The summed E-state index contributed by atoms with van der Waals surface area (Å²) in [6.45, 7) is 1.97. The van der Waals surface area contributed by atoms with Crippen LogP contribution in [-0.4, -0.2) is 46.8 Å². The lowest BCUT2D eigenvalue weighted by atomic mass is 9.95. The van der Waals surface area contributed by atoms with Gasteiger partial charge in [-0.25, -0.2) is 4.68 Å². The van der Waals surface area contributed by atoms with Crippen LogP contribution in [0.4, 0.5) is 0 Å². The van der Waals surface area contributed by atoms with E-state index in [9.17, 15) is 9.59 Å². The van der Waals surface area contributed by atoms with Crippen LogP contribution >= 0.6 is 15.9 Å². The van der Waals surface area contributed by atoms with Crippen molar-refractivity contribution in [3.63, 3.8) is 0 Å². The number of likely N-dealkylation sites (N-methyl/N-ethyl adjacent to an activating group) is 1. The number of aromatic nitrogens is 2. The summed E-state index contributed by atoms with van der Waals surface area (Å²) in [6, 6.07) is 7.87. The quantitative estimate of drug-likeness (QED) is 0.698. The zero-order chi connectivity index (χ0) is 18.7. The van der Waals surface area contributed by atoms with Gasteiger partial charge < -0.3 is 9.64 Å². The van der Waals surface area contributed by atoms with E-state index in [4.69, 9.17) is 4.74 Å². The average Bonchev–Trinajstić information content (AvgIpc) is 3.01. The van der Waals surface area contributed by atoms with Crippen LogP contribution in [0.2, 0.25) is 0 Å². The SMILES string of the molecule is CCOC(=O)CN(C)C(=O)c1nn(-c2cccc(Br)c2)c2c1CCCC2. The predicted octanol–water partition coefficient (Wildman–Crippen LogP) is 3.15. The molecule has 6 nitrogen and oxygen atoms in total. The third kappa shape index (κ3) is 3.82. The van der Waals surface area contributed by atoms with Crippen LogP contribution in [-0.2, 0) is 22.4 Å². The molecule has 1 aliphatic rings. The van der Waals surface area contributed by atoms with Gasteiger partial charge in [-0.1, -0.05) is 22.0 Å². The van der Waals surface area contributed by atoms with Crippen molar-refractivity contribution >= 4 is 27.8 Å². The fraction of sp³-hybridized carbons (Fsp3) is 0.421. The maximum Gasteiger partial charge on any atom is 0.325 e. The highest BCUT2D eigenvalue weighted by Crippen LogP contribution is 2.28. The van der Waals surface area contributed by atoms with Crippen molar-refractivity contribution in [3.8, 4) is 5.69 Å². The van der Waals surface area contributed by atoms with Gasteiger partial charge in [0.05, 0.1) is 12.3 Å². The van der Waals surface area contributed by atoms with Crippen molar-refractivity contribution in [1.29, 1.82) is 0 Å². The maximum absolute atomic E-state index is 12.9. The molecule has 1 heterocycles. The molecule has 0 radical (unpaired) electrons. The van der Waals surface area contributed by atoms with Crippen molar-refractivity contribution in [3.05, 3.63) is 45.7 Å². The Morgan fingerprint density at radius 3 is 2.81 bits per heavy atom. The molecule has 3 rings (SSSR count). The third-order valence-electron chi connectivity index (χ3n) is 4.45. The molecule has 2 aromatic rings. The van der Waals surface area contributed by atoms with Gasteiger partial charge in [0.1, 0.15) is 6.54 Å². The van der Waals surface area contributed by atoms with E-state index in [1.54, 1.807) is 14.0 Å². The standard InChI is InChI=1S/C19H22BrN3O3/c1-3-26-17(24)12-22(2)19(25)18-15-9-4-5-10-16(15)23(21-18)14-8-6-7-13(20)11-14/h6-8,11H,3-5,9-10,12H2,1-2H3. The first kappa shape index (κ1) is 18.6. The molecule has 0 spiro atoms. The molecule has 0 N–H and O–H groups in total. The number of carbonyl (C=O) groups excluding carboxylic acids is 2. The summed E-state index contributed by atoms with van der Waals surface area (Å²) in [7, 11) is 1.60. The fourth-order valence-corrected chi connectivity index (χ4v) is 3.63. The van der Waals surface area contributed by atoms with E-state index in [1.807, 2.05) is 28.9 Å². The monoisotopic (exact) mass is 419 g/mol.